The highest BCUT2D eigenvalue weighted by atomic mass is 79.9. The average molecular weight is 356 g/mol. The van der Waals surface area contributed by atoms with Gasteiger partial charge >= 0.3 is 5.97 Å². The number of anilines is 1. The Morgan fingerprint density at radius 2 is 2.05 bits per heavy atom. The van der Waals surface area contributed by atoms with E-state index in [0.29, 0.717) is 10.0 Å². The highest BCUT2D eigenvalue weighted by Gasteiger charge is 2.21. The van der Waals surface area contributed by atoms with Crippen LogP contribution >= 0.6 is 15.9 Å². The van der Waals surface area contributed by atoms with Crippen molar-refractivity contribution in [3.05, 3.63) is 34.2 Å². The third kappa shape index (κ3) is 2.94. The first-order valence-corrected chi connectivity index (χ1v) is 6.52. The van der Waals surface area contributed by atoms with Crippen molar-refractivity contribution in [3.8, 4) is 17.1 Å². The van der Waals surface area contributed by atoms with Gasteiger partial charge in [-0.1, -0.05) is 0 Å². The Bertz CT molecular complexity index is 709. The second kappa shape index (κ2) is 6.04. The third-order valence-corrected chi connectivity index (χ3v) is 3.30. The molecule has 1 aromatic carbocycles. The summed E-state index contributed by atoms with van der Waals surface area (Å²) in [5.74, 6) is -1.13. The number of methoxy groups -OCH3 is 2. The predicted octanol–water partition coefficient (Wildman–Crippen LogP) is 2.42. The molecule has 0 aliphatic heterocycles. The van der Waals surface area contributed by atoms with Gasteiger partial charge in [0.15, 0.2) is 23.1 Å². The molecule has 0 unspecified atom stereocenters. The van der Waals surface area contributed by atoms with Crippen molar-refractivity contribution in [1.29, 1.82) is 0 Å². The average Bonchev–Trinajstić information content (AvgIpc) is 2.48. The summed E-state index contributed by atoms with van der Waals surface area (Å²) in [4.78, 5) is 19.8. The van der Waals surface area contributed by atoms with E-state index in [9.17, 15) is 9.18 Å². The number of rotatable bonds is 3. The Labute approximate surface area is 128 Å². The van der Waals surface area contributed by atoms with E-state index in [2.05, 4.69) is 30.6 Å². The van der Waals surface area contributed by atoms with E-state index in [1.807, 2.05) is 0 Å². The van der Waals surface area contributed by atoms with Crippen LogP contribution in [0.3, 0.4) is 0 Å². The van der Waals surface area contributed by atoms with Gasteiger partial charge in [-0.05, 0) is 34.1 Å². The van der Waals surface area contributed by atoms with Gasteiger partial charge in [-0.15, -0.1) is 0 Å². The van der Waals surface area contributed by atoms with Crippen LogP contribution in [0.15, 0.2) is 22.7 Å². The van der Waals surface area contributed by atoms with E-state index >= 15 is 0 Å². The van der Waals surface area contributed by atoms with Gasteiger partial charge in [0.05, 0.1) is 18.7 Å². The zero-order valence-corrected chi connectivity index (χ0v) is 12.8. The van der Waals surface area contributed by atoms with Gasteiger partial charge in [0, 0.05) is 5.56 Å². The number of halogens is 2. The van der Waals surface area contributed by atoms with E-state index in [4.69, 9.17) is 10.5 Å². The van der Waals surface area contributed by atoms with E-state index in [-0.39, 0.29) is 23.1 Å². The molecule has 0 aliphatic carbocycles. The van der Waals surface area contributed by atoms with Crippen molar-refractivity contribution in [2.75, 3.05) is 20.0 Å². The fourth-order valence-electron chi connectivity index (χ4n) is 1.67. The molecule has 1 heterocycles. The van der Waals surface area contributed by atoms with Crippen LogP contribution in [-0.2, 0) is 4.74 Å². The van der Waals surface area contributed by atoms with Crippen LogP contribution in [0.25, 0.3) is 11.4 Å². The van der Waals surface area contributed by atoms with Crippen LogP contribution in [0.1, 0.15) is 10.5 Å². The number of nitrogens with zero attached hydrogens (tertiary/aromatic N) is 2. The number of hydrogen-bond donors (Lipinski definition) is 1. The van der Waals surface area contributed by atoms with Crippen LogP contribution in [-0.4, -0.2) is 30.2 Å². The second-order valence-corrected chi connectivity index (χ2v) is 4.79. The summed E-state index contributed by atoms with van der Waals surface area (Å²) in [6, 6.07) is 4.33. The molecule has 0 aliphatic rings. The van der Waals surface area contributed by atoms with E-state index in [0.717, 1.165) is 0 Å². The molecule has 2 N–H and O–H groups in total. The molecule has 0 saturated heterocycles. The monoisotopic (exact) mass is 355 g/mol. The number of nitrogen functional groups attached to an aromatic ring is 1. The van der Waals surface area contributed by atoms with Gasteiger partial charge in [0.25, 0.3) is 0 Å². The van der Waals surface area contributed by atoms with Crippen molar-refractivity contribution in [2.24, 2.45) is 0 Å². The number of ether oxygens (including phenoxy) is 2. The number of carbonyl (C=O) groups excluding carboxylic acids is 1. The van der Waals surface area contributed by atoms with Gasteiger partial charge in [-0.2, -0.15) is 0 Å². The van der Waals surface area contributed by atoms with Crippen molar-refractivity contribution in [1.82, 2.24) is 9.97 Å². The third-order valence-electron chi connectivity index (χ3n) is 2.65. The summed E-state index contributed by atoms with van der Waals surface area (Å²) >= 11 is 3.05. The van der Waals surface area contributed by atoms with Gasteiger partial charge < -0.3 is 15.2 Å². The van der Waals surface area contributed by atoms with E-state index in [1.54, 1.807) is 6.07 Å². The molecule has 0 fully saturated rings. The first kappa shape index (κ1) is 15.2. The minimum Gasteiger partial charge on any atom is -0.491 e. The summed E-state index contributed by atoms with van der Waals surface area (Å²) in [6.45, 7) is 0. The molecular formula is C13H11BrFN3O3. The summed E-state index contributed by atoms with van der Waals surface area (Å²) in [5.41, 5.74) is 5.99. The number of hydrogen-bond acceptors (Lipinski definition) is 6. The second-order valence-electron chi connectivity index (χ2n) is 3.93. The summed E-state index contributed by atoms with van der Waals surface area (Å²) in [6.07, 6.45) is 0. The lowest BCUT2D eigenvalue weighted by atomic mass is 10.2. The molecule has 8 heteroatoms. The number of esters is 1. The van der Waals surface area contributed by atoms with Crippen LogP contribution in [0.5, 0.6) is 5.75 Å². The summed E-state index contributed by atoms with van der Waals surface area (Å²) in [7, 11) is 2.54. The van der Waals surface area contributed by atoms with Crippen LogP contribution < -0.4 is 10.5 Å². The molecule has 21 heavy (non-hydrogen) atoms. The smallest absolute Gasteiger partial charge is 0.360 e. The molecule has 2 rings (SSSR count). The van der Waals surface area contributed by atoms with Crippen molar-refractivity contribution in [3.63, 3.8) is 0 Å². The molecule has 0 spiro atoms. The quantitative estimate of drug-likeness (QED) is 0.850. The van der Waals surface area contributed by atoms with Gasteiger partial charge in [0.1, 0.15) is 5.82 Å². The molecule has 0 radical (unpaired) electrons. The first-order chi connectivity index (χ1) is 9.97. The molecular weight excluding hydrogens is 345 g/mol. The Hall–Kier alpha value is -2.22. The molecule has 110 valence electrons. The van der Waals surface area contributed by atoms with E-state index < -0.39 is 11.8 Å². The minimum absolute atomic E-state index is 0.0168. The molecule has 2 aromatic rings. The Morgan fingerprint density at radius 3 is 2.62 bits per heavy atom. The lowest BCUT2D eigenvalue weighted by Gasteiger charge is -2.10. The lowest BCUT2D eigenvalue weighted by Crippen LogP contribution is -2.11. The highest BCUT2D eigenvalue weighted by Crippen LogP contribution is 2.28. The van der Waals surface area contributed by atoms with Gasteiger partial charge in [0.2, 0.25) is 0 Å². The largest absolute Gasteiger partial charge is 0.491 e. The Morgan fingerprint density at radius 1 is 1.33 bits per heavy atom. The zero-order chi connectivity index (χ0) is 15.6. The normalized spacial score (nSPS) is 10.3. The maximum atomic E-state index is 13.6. The molecule has 0 atom stereocenters. The Balaban J connectivity index is 2.62. The van der Waals surface area contributed by atoms with Crippen LogP contribution in [0.2, 0.25) is 0 Å². The van der Waals surface area contributed by atoms with Crippen molar-refractivity contribution >= 4 is 27.7 Å². The summed E-state index contributed by atoms with van der Waals surface area (Å²) in [5, 5.41) is 0. The maximum absolute atomic E-state index is 13.6. The van der Waals surface area contributed by atoms with Crippen LogP contribution in [0, 0.1) is 5.82 Å². The number of aromatic nitrogens is 2. The number of benzene rings is 1. The molecule has 0 bridgehead atoms. The fourth-order valence-corrected chi connectivity index (χ4v) is 1.92. The zero-order valence-electron chi connectivity index (χ0n) is 11.2. The predicted molar refractivity (Wildman–Crippen MR) is 77.4 cm³/mol. The Kier molecular flexibility index (Phi) is 4.37. The van der Waals surface area contributed by atoms with Crippen molar-refractivity contribution in [2.45, 2.75) is 0 Å². The summed E-state index contributed by atoms with van der Waals surface area (Å²) < 4.78 is 23.5. The van der Waals surface area contributed by atoms with Crippen molar-refractivity contribution < 1.29 is 18.7 Å². The topological polar surface area (TPSA) is 87.3 Å². The van der Waals surface area contributed by atoms with Gasteiger partial charge in [-0.25, -0.2) is 19.2 Å². The van der Waals surface area contributed by atoms with E-state index in [1.165, 1.54) is 26.4 Å². The number of nitrogens with two attached hydrogens (primary N) is 1. The van der Waals surface area contributed by atoms with Crippen LogP contribution in [0.4, 0.5) is 10.2 Å². The highest BCUT2D eigenvalue weighted by molar-refractivity contribution is 9.10. The minimum atomic E-state index is -0.722. The standard InChI is InChI=1S/C13H11BrFN3O3/c1-20-10-9(13(19)21-2)17-12(18-11(10)16)6-3-4-7(14)8(15)5-6/h3-5H,1-2H3,(H2,16,17,18). The molecule has 0 amide bonds. The SMILES string of the molecule is COC(=O)c1nc(-c2ccc(Br)c(F)c2)nc(N)c1OC. The maximum Gasteiger partial charge on any atom is 0.360 e. The fraction of sp³-hybridized carbons (Fsp3) is 0.154. The van der Waals surface area contributed by atoms with Gasteiger partial charge in [-0.3, -0.25) is 0 Å². The number of carbonyl (C=O) groups is 1. The molecule has 0 saturated carbocycles. The first-order valence-electron chi connectivity index (χ1n) is 5.73. The lowest BCUT2D eigenvalue weighted by molar-refractivity contribution is 0.0590. The molecule has 6 nitrogen and oxygen atoms in total. The molecule has 1 aromatic heterocycles.